The lowest BCUT2D eigenvalue weighted by Gasteiger charge is -2.15. The summed E-state index contributed by atoms with van der Waals surface area (Å²) in [5.41, 5.74) is 6.04. The number of para-hydroxylation sites is 1. The first kappa shape index (κ1) is 21.2. The second kappa shape index (κ2) is 9.46. The monoisotopic (exact) mass is 445 g/mol. The third kappa shape index (κ3) is 4.59. The third-order valence-electron chi connectivity index (χ3n) is 5.61. The minimum absolute atomic E-state index is 0.111. The van der Waals surface area contributed by atoms with E-state index in [4.69, 9.17) is 0 Å². The van der Waals surface area contributed by atoms with Crippen LogP contribution in [0, 0.1) is 0 Å². The molecule has 2 amide bonds. The highest BCUT2D eigenvalue weighted by molar-refractivity contribution is 6.37. The summed E-state index contributed by atoms with van der Waals surface area (Å²) >= 11 is 0. The fourth-order valence-corrected chi connectivity index (χ4v) is 4.03. The van der Waals surface area contributed by atoms with Crippen LogP contribution in [-0.4, -0.2) is 11.8 Å². The molecule has 166 valence electrons. The van der Waals surface area contributed by atoms with Gasteiger partial charge in [-0.25, -0.2) is 0 Å². The molecule has 0 aromatic heterocycles. The summed E-state index contributed by atoms with van der Waals surface area (Å²) < 4.78 is 0. The van der Waals surface area contributed by atoms with Crippen LogP contribution in [0.5, 0.6) is 0 Å². The van der Waals surface area contributed by atoms with Gasteiger partial charge in [0, 0.05) is 22.6 Å². The quantitative estimate of drug-likeness (QED) is 0.329. The third-order valence-corrected chi connectivity index (χ3v) is 5.61. The molecule has 34 heavy (non-hydrogen) atoms. The van der Waals surface area contributed by atoms with Gasteiger partial charge in [-0.3, -0.25) is 9.59 Å². The number of hydrogen-bond donors (Lipinski definition) is 3. The first-order valence-corrected chi connectivity index (χ1v) is 11.1. The average molecular weight is 446 g/mol. The minimum Gasteiger partial charge on any atom is -0.354 e. The lowest BCUT2D eigenvalue weighted by Crippen LogP contribution is -2.14. The van der Waals surface area contributed by atoms with Gasteiger partial charge < -0.3 is 16.0 Å². The van der Waals surface area contributed by atoms with Crippen molar-refractivity contribution in [2.45, 2.75) is 6.42 Å². The molecule has 0 unspecified atom stereocenters. The van der Waals surface area contributed by atoms with Gasteiger partial charge in [0.2, 0.25) is 5.91 Å². The van der Waals surface area contributed by atoms with Gasteiger partial charge in [-0.1, -0.05) is 78.9 Å². The van der Waals surface area contributed by atoms with Crippen molar-refractivity contribution in [3.8, 4) is 0 Å². The smallest absolute Gasteiger partial charge is 0.258 e. The SMILES string of the molecule is O=C(Cc1ccccc1)Nc1ccc2c(c1)C(=C(Nc1ccccc1)c1ccccc1)C(=O)N2. The van der Waals surface area contributed by atoms with E-state index in [-0.39, 0.29) is 18.2 Å². The van der Waals surface area contributed by atoms with Gasteiger partial charge >= 0.3 is 0 Å². The maximum atomic E-state index is 13.1. The zero-order valence-corrected chi connectivity index (χ0v) is 18.4. The van der Waals surface area contributed by atoms with E-state index in [2.05, 4.69) is 16.0 Å². The normalized spacial score (nSPS) is 13.6. The predicted molar refractivity (Wildman–Crippen MR) is 137 cm³/mol. The molecule has 0 saturated carbocycles. The van der Waals surface area contributed by atoms with Crippen LogP contribution in [0.4, 0.5) is 17.1 Å². The molecule has 1 heterocycles. The molecule has 0 bridgehead atoms. The number of fused-ring (bicyclic) bond motifs is 1. The second-order valence-electron chi connectivity index (χ2n) is 8.03. The fourth-order valence-electron chi connectivity index (χ4n) is 4.03. The van der Waals surface area contributed by atoms with Crippen molar-refractivity contribution >= 4 is 40.1 Å². The topological polar surface area (TPSA) is 70.2 Å². The van der Waals surface area contributed by atoms with Gasteiger partial charge in [-0.2, -0.15) is 0 Å². The summed E-state index contributed by atoms with van der Waals surface area (Å²) in [5.74, 6) is -0.301. The van der Waals surface area contributed by atoms with E-state index in [1.807, 2.05) is 103 Å². The zero-order valence-electron chi connectivity index (χ0n) is 18.4. The molecule has 0 atom stereocenters. The molecule has 0 fully saturated rings. The summed E-state index contributed by atoms with van der Waals surface area (Å²) in [4.78, 5) is 25.7. The first-order valence-electron chi connectivity index (χ1n) is 11.1. The van der Waals surface area contributed by atoms with E-state index >= 15 is 0 Å². The van der Waals surface area contributed by atoms with Crippen molar-refractivity contribution in [1.82, 2.24) is 0 Å². The molecule has 5 heteroatoms. The van der Waals surface area contributed by atoms with Crippen LogP contribution in [-0.2, 0) is 16.0 Å². The Labute approximate surface area is 198 Å². The number of hydrogen-bond acceptors (Lipinski definition) is 3. The molecule has 5 rings (SSSR count). The summed E-state index contributed by atoms with van der Waals surface area (Å²) in [6.45, 7) is 0. The standard InChI is InChI=1S/C29H23N3O2/c33-26(18-20-10-4-1-5-11-20)30-23-16-17-25-24(19-23)27(29(34)32-25)28(21-12-6-2-7-13-21)31-22-14-8-3-9-15-22/h1-17,19,31H,18H2,(H,30,33)(H,32,34). The highest BCUT2D eigenvalue weighted by Crippen LogP contribution is 2.39. The van der Waals surface area contributed by atoms with Crippen molar-refractivity contribution in [1.29, 1.82) is 0 Å². The first-order chi connectivity index (χ1) is 16.7. The number of carbonyl (C=O) groups is 2. The second-order valence-corrected chi connectivity index (χ2v) is 8.03. The molecular formula is C29H23N3O2. The zero-order chi connectivity index (χ0) is 23.3. The number of benzene rings is 4. The van der Waals surface area contributed by atoms with E-state index < -0.39 is 0 Å². The van der Waals surface area contributed by atoms with Crippen molar-refractivity contribution < 1.29 is 9.59 Å². The lowest BCUT2D eigenvalue weighted by atomic mass is 9.99. The fraction of sp³-hybridized carbons (Fsp3) is 0.0345. The Hall–Kier alpha value is -4.64. The van der Waals surface area contributed by atoms with Gasteiger partial charge in [0.25, 0.3) is 5.91 Å². The molecule has 4 aromatic rings. The average Bonchev–Trinajstić information content (AvgIpc) is 3.19. The van der Waals surface area contributed by atoms with E-state index in [1.54, 1.807) is 6.07 Å². The van der Waals surface area contributed by atoms with Crippen LogP contribution in [0.15, 0.2) is 109 Å². The number of rotatable bonds is 6. The summed E-state index contributed by atoms with van der Waals surface area (Å²) in [6, 6.07) is 34.6. The van der Waals surface area contributed by atoms with Crippen LogP contribution < -0.4 is 16.0 Å². The van der Waals surface area contributed by atoms with Crippen molar-refractivity contribution in [3.05, 3.63) is 126 Å². The van der Waals surface area contributed by atoms with Crippen LogP contribution in [0.1, 0.15) is 16.7 Å². The van der Waals surface area contributed by atoms with E-state index in [0.29, 0.717) is 22.6 Å². The number of anilines is 3. The van der Waals surface area contributed by atoms with Gasteiger partial charge in [-0.05, 0) is 41.5 Å². The van der Waals surface area contributed by atoms with Crippen LogP contribution in [0.25, 0.3) is 11.3 Å². The van der Waals surface area contributed by atoms with E-state index in [0.717, 1.165) is 22.4 Å². The van der Waals surface area contributed by atoms with E-state index in [9.17, 15) is 9.59 Å². The maximum Gasteiger partial charge on any atom is 0.258 e. The van der Waals surface area contributed by atoms with Crippen LogP contribution >= 0.6 is 0 Å². The molecule has 4 aromatic carbocycles. The molecule has 1 aliphatic rings. The van der Waals surface area contributed by atoms with Gasteiger partial charge in [-0.15, -0.1) is 0 Å². The maximum absolute atomic E-state index is 13.1. The molecule has 0 radical (unpaired) electrons. The molecule has 0 saturated heterocycles. The number of carbonyl (C=O) groups excluding carboxylic acids is 2. The molecule has 5 nitrogen and oxygen atoms in total. The summed E-state index contributed by atoms with van der Waals surface area (Å²) in [6.07, 6.45) is 0.280. The molecule has 1 aliphatic heterocycles. The van der Waals surface area contributed by atoms with Gasteiger partial charge in [0.15, 0.2) is 0 Å². The Morgan fingerprint density at radius 3 is 2.06 bits per heavy atom. The number of nitrogens with one attached hydrogen (secondary N) is 3. The molecule has 0 spiro atoms. The van der Waals surface area contributed by atoms with Gasteiger partial charge in [0.05, 0.1) is 17.7 Å². The Balaban J connectivity index is 1.52. The highest BCUT2D eigenvalue weighted by Gasteiger charge is 2.29. The highest BCUT2D eigenvalue weighted by atomic mass is 16.2. The summed E-state index contributed by atoms with van der Waals surface area (Å²) in [7, 11) is 0. The van der Waals surface area contributed by atoms with Crippen LogP contribution in [0.3, 0.4) is 0 Å². The lowest BCUT2D eigenvalue weighted by molar-refractivity contribution is -0.115. The Morgan fingerprint density at radius 1 is 0.706 bits per heavy atom. The minimum atomic E-state index is -0.190. The Kier molecular flexibility index (Phi) is 5.91. The van der Waals surface area contributed by atoms with E-state index in [1.165, 1.54) is 0 Å². The van der Waals surface area contributed by atoms with Crippen LogP contribution in [0.2, 0.25) is 0 Å². The Bertz CT molecular complexity index is 1360. The van der Waals surface area contributed by atoms with Crippen molar-refractivity contribution in [2.24, 2.45) is 0 Å². The Morgan fingerprint density at radius 2 is 1.35 bits per heavy atom. The number of amides is 2. The summed E-state index contributed by atoms with van der Waals surface area (Å²) in [5, 5.41) is 9.35. The van der Waals surface area contributed by atoms with Gasteiger partial charge in [0.1, 0.15) is 0 Å². The van der Waals surface area contributed by atoms with Crippen molar-refractivity contribution in [2.75, 3.05) is 16.0 Å². The predicted octanol–water partition coefficient (Wildman–Crippen LogP) is 5.80. The van der Waals surface area contributed by atoms with Crippen molar-refractivity contribution in [3.63, 3.8) is 0 Å². The molecular weight excluding hydrogens is 422 g/mol. The molecule has 0 aliphatic carbocycles. The molecule has 3 N–H and O–H groups in total. The largest absolute Gasteiger partial charge is 0.354 e.